The van der Waals surface area contributed by atoms with Crippen LogP contribution in [-0.2, 0) is 28.5 Å². The van der Waals surface area contributed by atoms with Crippen LogP contribution in [0.4, 0.5) is 24.5 Å². The van der Waals surface area contributed by atoms with Crippen molar-refractivity contribution in [3.8, 4) is 5.75 Å². The first-order valence-electron chi connectivity index (χ1n) is 10.8. The Kier molecular flexibility index (Phi) is 8.69. The van der Waals surface area contributed by atoms with Gasteiger partial charge in [-0.05, 0) is 60.6 Å². The highest BCUT2D eigenvalue weighted by Crippen LogP contribution is 2.35. The molecule has 37 heavy (non-hydrogen) atoms. The smallest absolute Gasteiger partial charge is 0.416 e. The maximum absolute atomic E-state index is 13.4. The van der Waals surface area contributed by atoms with E-state index < -0.39 is 21.8 Å². The van der Waals surface area contributed by atoms with Gasteiger partial charge < -0.3 is 15.4 Å². The van der Waals surface area contributed by atoms with Crippen molar-refractivity contribution in [2.45, 2.75) is 18.5 Å². The highest BCUT2D eigenvalue weighted by molar-refractivity contribution is 7.89. The summed E-state index contributed by atoms with van der Waals surface area (Å²) in [6, 6.07) is 14.9. The van der Waals surface area contributed by atoms with Gasteiger partial charge in [0.25, 0.3) is 0 Å². The molecule has 2 N–H and O–H groups in total. The second-order valence-electron chi connectivity index (χ2n) is 8.14. The second kappa shape index (κ2) is 11.2. The van der Waals surface area contributed by atoms with E-state index in [4.69, 9.17) is 16.3 Å². The third-order valence-electron chi connectivity index (χ3n) is 5.58. The van der Waals surface area contributed by atoms with Crippen LogP contribution in [0.5, 0.6) is 5.75 Å². The summed E-state index contributed by atoms with van der Waals surface area (Å²) in [5.74, 6) is 0.297. The first-order valence-corrected chi connectivity index (χ1v) is 12.8. The molecule has 0 saturated carbocycles. The van der Waals surface area contributed by atoms with Crippen molar-refractivity contribution in [2.24, 2.45) is 0 Å². The molecule has 4 rings (SSSR count). The van der Waals surface area contributed by atoms with E-state index in [0.29, 0.717) is 29.1 Å². The molecule has 1 aromatic heterocycles. The highest BCUT2D eigenvalue weighted by Gasteiger charge is 2.31. The van der Waals surface area contributed by atoms with Crippen LogP contribution >= 0.6 is 24.0 Å². The molecule has 0 amide bonds. The molecular weight excluding hydrogens is 550 g/mol. The van der Waals surface area contributed by atoms with Crippen molar-refractivity contribution in [3.05, 3.63) is 88.6 Å². The van der Waals surface area contributed by atoms with Crippen molar-refractivity contribution in [1.29, 1.82) is 0 Å². The van der Waals surface area contributed by atoms with Crippen LogP contribution < -0.4 is 15.4 Å². The fourth-order valence-electron chi connectivity index (χ4n) is 3.90. The van der Waals surface area contributed by atoms with Crippen molar-refractivity contribution in [1.82, 2.24) is 9.29 Å². The summed E-state index contributed by atoms with van der Waals surface area (Å²) in [6.07, 6.45) is -2.94. The van der Waals surface area contributed by atoms with Gasteiger partial charge in [0.1, 0.15) is 5.75 Å². The lowest BCUT2D eigenvalue weighted by atomic mass is 10.1. The summed E-state index contributed by atoms with van der Waals surface area (Å²) in [6.45, 7) is 0.440. The maximum Gasteiger partial charge on any atom is 0.416 e. The average molecular weight is 574 g/mol. The zero-order valence-electron chi connectivity index (χ0n) is 19.8. The summed E-state index contributed by atoms with van der Waals surface area (Å²) in [5, 5.41) is 6.64. The van der Waals surface area contributed by atoms with Crippen LogP contribution in [0.2, 0.25) is 5.02 Å². The average Bonchev–Trinajstić information content (AvgIpc) is 3.18. The number of hydrogen-bond donors (Lipinski definition) is 2. The fraction of sp³-hybridized carbons (Fsp3) is 0.200. The highest BCUT2D eigenvalue weighted by atomic mass is 35.5. The molecule has 0 spiro atoms. The Labute approximate surface area is 223 Å². The molecule has 0 aliphatic carbocycles. The Hall–Kier alpha value is -2.92. The number of ether oxygens (including phenoxy) is 1. The predicted molar refractivity (Wildman–Crippen MR) is 143 cm³/mol. The van der Waals surface area contributed by atoms with E-state index in [9.17, 15) is 21.6 Å². The van der Waals surface area contributed by atoms with Gasteiger partial charge in [0.05, 0.1) is 34.7 Å². The first kappa shape index (κ1) is 28.6. The minimum Gasteiger partial charge on any atom is -0.497 e. The van der Waals surface area contributed by atoms with Gasteiger partial charge in [0.15, 0.2) is 0 Å². The summed E-state index contributed by atoms with van der Waals surface area (Å²) >= 11 is 6.09. The molecule has 1 heterocycles. The zero-order chi connectivity index (χ0) is 26.1. The Morgan fingerprint density at radius 3 is 2.46 bits per heavy atom. The molecule has 0 saturated heterocycles. The largest absolute Gasteiger partial charge is 0.497 e. The van der Waals surface area contributed by atoms with Crippen molar-refractivity contribution in [3.63, 3.8) is 0 Å². The van der Waals surface area contributed by atoms with Gasteiger partial charge in [0, 0.05) is 23.8 Å². The molecule has 0 fully saturated rings. The molecule has 6 nitrogen and oxygen atoms in total. The van der Waals surface area contributed by atoms with E-state index in [-0.39, 0.29) is 28.9 Å². The Morgan fingerprint density at radius 1 is 1.05 bits per heavy atom. The topological polar surface area (TPSA) is 72.4 Å². The van der Waals surface area contributed by atoms with Crippen LogP contribution in [0.15, 0.2) is 66.9 Å². The predicted octanol–water partition coefficient (Wildman–Crippen LogP) is 6.59. The number of fused-ring (bicyclic) bond motifs is 1. The summed E-state index contributed by atoms with van der Waals surface area (Å²) in [7, 11) is -0.559. The summed E-state index contributed by atoms with van der Waals surface area (Å²) in [4.78, 5) is 0. The Bertz CT molecular complexity index is 1520. The van der Waals surface area contributed by atoms with E-state index in [1.165, 1.54) is 17.1 Å². The van der Waals surface area contributed by atoms with E-state index >= 15 is 0 Å². The molecule has 0 aliphatic rings. The van der Waals surface area contributed by atoms with E-state index in [0.717, 1.165) is 23.1 Å². The zero-order valence-corrected chi connectivity index (χ0v) is 22.2. The molecule has 0 radical (unpaired) electrons. The summed E-state index contributed by atoms with van der Waals surface area (Å²) < 4.78 is 72.2. The standard InChI is InChI=1S/C25H23ClF3N3O3S.ClH/c1-30-13-17-14-32(36(33,34)15-16-4-3-5-20(10-16)35-2)24-12-19(7-8-21(17)24)31-23-9-6-18(11-22(23)26)25(27,28)29;/h3-12,14,30-31H,13,15H2,1-2H3;1H. The number of hydrogen-bond acceptors (Lipinski definition) is 5. The molecule has 0 atom stereocenters. The summed E-state index contributed by atoms with van der Waals surface area (Å²) in [5.41, 5.74) is 1.64. The van der Waals surface area contributed by atoms with Crippen molar-refractivity contribution in [2.75, 3.05) is 19.5 Å². The lowest BCUT2D eigenvalue weighted by molar-refractivity contribution is -0.137. The molecule has 0 aliphatic heterocycles. The van der Waals surface area contributed by atoms with E-state index in [1.54, 1.807) is 55.7 Å². The molecule has 3 aromatic carbocycles. The molecule has 4 aromatic rings. The molecule has 0 unspecified atom stereocenters. The number of nitrogens with zero attached hydrogens (tertiary/aromatic N) is 1. The van der Waals surface area contributed by atoms with Gasteiger partial charge in [-0.25, -0.2) is 12.4 Å². The number of halogens is 5. The minimum absolute atomic E-state index is 0. The normalized spacial score (nSPS) is 11.8. The van der Waals surface area contributed by atoms with Gasteiger partial charge in [-0.1, -0.05) is 29.8 Å². The molecule has 12 heteroatoms. The lowest BCUT2D eigenvalue weighted by Crippen LogP contribution is -2.14. The Morgan fingerprint density at radius 2 is 1.81 bits per heavy atom. The number of anilines is 2. The quantitative estimate of drug-likeness (QED) is 0.249. The van der Waals surface area contributed by atoms with Crippen molar-refractivity contribution < 1.29 is 26.3 Å². The van der Waals surface area contributed by atoms with Gasteiger partial charge >= 0.3 is 6.18 Å². The van der Waals surface area contributed by atoms with Crippen LogP contribution in [0, 0.1) is 0 Å². The maximum atomic E-state index is 13.4. The first-order chi connectivity index (χ1) is 17.0. The number of methoxy groups -OCH3 is 1. The number of rotatable bonds is 8. The van der Waals surface area contributed by atoms with Gasteiger partial charge in [-0.2, -0.15) is 13.2 Å². The van der Waals surface area contributed by atoms with Gasteiger partial charge in [-0.3, -0.25) is 0 Å². The monoisotopic (exact) mass is 573 g/mol. The number of nitrogens with one attached hydrogen (secondary N) is 2. The van der Waals surface area contributed by atoms with Gasteiger partial charge in [0.2, 0.25) is 10.0 Å². The lowest BCUT2D eigenvalue weighted by Gasteiger charge is -2.13. The van der Waals surface area contributed by atoms with Crippen LogP contribution in [-0.4, -0.2) is 26.5 Å². The molecule has 0 bridgehead atoms. The van der Waals surface area contributed by atoms with Crippen LogP contribution in [0.3, 0.4) is 0 Å². The molecule has 198 valence electrons. The minimum atomic E-state index is -4.51. The van der Waals surface area contributed by atoms with Crippen LogP contribution in [0.25, 0.3) is 10.9 Å². The van der Waals surface area contributed by atoms with Gasteiger partial charge in [-0.15, -0.1) is 12.4 Å². The Balaban J connectivity index is 0.00000380. The molecular formula is C25H24Cl2F3N3O3S. The third-order valence-corrected chi connectivity index (χ3v) is 7.49. The third kappa shape index (κ3) is 6.32. The SMILES string of the molecule is CNCc1cn(S(=O)(=O)Cc2cccc(OC)c2)c2cc(Nc3ccc(C(F)(F)F)cc3Cl)ccc12.Cl. The van der Waals surface area contributed by atoms with Crippen LogP contribution in [0.1, 0.15) is 16.7 Å². The number of aromatic nitrogens is 1. The second-order valence-corrected chi connectivity index (χ2v) is 10.4. The van der Waals surface area contributed by atoms with Crippen molar-refractivity contribution >= 4 is 56.3 Å². The van der Waals surface area contributed by atoms with E-state index in [2.05, 4.69) is 10.6 Å². The fourth-order valence-corrected chi connectivity index (χ4v) is 5.60. The van der Waals surface area contributed by atoms with E-state index in [1.807, 2.05) is 0 Å². The number of alkyl halides is 3. The number of benzene rings is 3.